The van der Waals surface area contributed by atoms with Crippen molar-refractivity contribution < 1.29 is 0 Å². The third kappa shape index (κ3) is 2.23. The molecule has 1 aliphatic carbocycles. The summed E-state index contributed by atoms with van der Waals surface area (Å²) in [5.41, 5.74) is 3.38. The molecule has 1 aliphatic rings. The summed E-state index contributed by atoms with van der Waals surface area (Å²) in [4.78, 5) is 9.06. The first-order valence-electron chi connectivity index (χ1n) is 7.38. The van der Waals surface area contributed by atoms with E-state index in [4.69, 9.17) is 0 Å². The molecule has 0 N–H and O–H groups in total. The molecular weight excluding hydrogens is 256 g/mol. The fraction of sp³-hybridized carbons (Fsp3) is 0.158. The van der Waals surface area contributed by atoms with E-state index in [1.165, 1.54) is 16.3 Å². The van der Waals surface area contributed by atoms with E-state index >= 15 is 0 Å². The van der Waals surface area contributed by atoms with Gasteiger partial charge in [-0.05, 0) is 42.5 Å². The molecule has 3 aromatic rings. The van der Waals surface area contributed by atoms with Crippen molar-refractivity contribution in [2.45, 2.75) is 12.8 Å². The molecule has 0 saturated carbocycles. The van der Waals surface area contributed by atoms with Crippen LogP contribution in [0, 0.1) is 5.92 Å². The summed E-state index contributed by atoms with van der Waals surface area (Å²) >= 11 is 0. The van der Waals surface area contributed by atoms with Gasteiger partial charge in [0.15, 0.2) is 0 Å². The number of hydrogen-bond acceptors (Lipinski definition) is 2. The summed E-state index contributed by atoms with van der Waals surface area (Å²) in [5.74, 6) is 0.571. The van der Waals surface area contributed by atoms with Gasteiger partial charge in [0.25, 0.3) is 0 Å². The van der Waals surface area contributed by atoms with Gasteiger partial charge in [-0.15, -0.1) is 0 Å². The van der Waals surface area contributed by atoms with E-state index < -0.39 is 0 Å². The quantitative estimate of drug-likeness (QED) is 0.658. The number of benzene rings is 1. The largest absolute Gasteiger partial charge is 0.254 e. The molecule has 2 heteroatoms. The standard InChI is InChI=1S/C19H16N2/c1-2-6-14(5-1)9-10-15-13-16-7-3-11-20-18(16)19-17(15)8-4-12-21-19/h1-8,11-14H,9-10H2. The summed E-state index contributed by atoms with van der Waals surface area (Å²) in [7, 11) is 0. The lowest BCUT2D eigenvalue weighted by Gasteiger charge is -2.10. The van der Waals surface area contributed by atoms with Gasteiger partial charge in [0.1, 0.15) is 0 Å². The van der Waals surface area contributed by atoms with Crippen LogP contribution in [0.1, 0.15) is 12.0 Å². The fourth-order valence-electron chi connectivity index (χ4n) is 3.05. The predicted molar refractivity (Wildman–Crippen MR) is 87.1 cm³/mol. The summed E-state index contributed by atoms with van der Waals surface area (Å²) in [5, 5.41) is 2.41. The van der Waals surface area contributed by atoms with Crippen LogP contribution >= 0.6 is 0 Å². The number of fused-ring (bicyclic) bond motifs is 3. The van der Waals surface area contributed by atoms with Gasteiger partial charge < -0.3 is 0 Å². The average molecular weight is 272 g/mol. The van der Waals surface area contributed by atoms with Crippen LogP contribution < -0.4 is 0 Å². The van der Waals surface area contributed by atoms with Crippen molar-refractivity contribution in [3.63, 3.8) is 0 Å². The van der Waals surface area contributed by atoms with Crippen LogP contribution in [0.3, 0.4) is 0 Å². The van der Waals surface area contributed by atoms with E-state index in [9.17, 15) is 0 Å². The molecule has 0 atom stereocenters. The van der Waals surface area contributed by atoms with Crippen LogP contribution in [-0.2, 0) is 6.42 Å². The Balaban J connectivity index is 1.82. The van der Waals surface area contributed by atoms with E-state index in [2.05, 4.69) is 52.5 Å². The minimum absolute atomic E-state index is 0.571. The van der Waals surface area contributed by atoms with E-state index in [-0.39, 0.29) is 0 Å². The first-order chi connectivity index (χ1) is 10.4. The van der Waals surface area contributed by atoms with Gasteiger partial charge in [-0.25, -0.2) is 0 Å². The first kappa shape index (κ1) is 12.3. The van der Waals surface area contributed by atoms with Crippen LogP contribution in [0.5, 0.6) is 0 Å². The zero-order chi connectivity index (χ0) is 14.1. The molecule has 0 radical (unpaired) electrons. The summed E-state index contributed by atoms with van der Waals surface area (Å²) in [6, 6.07) is 10.6. The van der Waals surface area contributed by atoms with Crippen LogP contribution in [0.25, 0.3) is 21.8 Å². The maximum absolute atomic E-state index is 4.56. The molecule has 21 heavy (non-hydrogen) atoms. The van der Waals surface area contributed by atoms with Gasteiger partial charge in [0, 0.05) is 23.2 Å². The Kier molecular flexibility index (Phi) is 3.00. The molecule has 0 unspecified atom stereocenters. The van der Waals surface area contributed by atoms with E-state index in [0.717, 1.165) is 23.9 Å². The summed E-state index contributed by atoms with van der Waals surface area (Å²) in [6.07, 6.45) is 14.7. The SMILES string of the molecule is C1=CC(CCc2cc3cccnc3c3ncccc23)C=C1. The second kappa shape index (κ2) is 5.13. The van der Waals surface area contributed by atoms with Crippen LogP contribution in [0.4, 0.5) is 0 Å². The molecule has 2 heterocycles. The van der Waals surface area contributed by atoms with Crippen molar-refractivity contribution >= 4 is 21.8 Å². The zero-order valence-corrected chi connectivity index (χ0v) is 11.7. The molecule has 0 aliphatic heterocycles. The van der Waals surface area contributed by atoms with Crippen LogP contribution in [-0.4, -0.2) is 9.97 Å². The number of rotatable bonds is 3. The lowest BCUT2D eigenvalue weighted by Crippen LogP contribution is -1.96. The Hall–Kier alpha value is -2.48. The van der Waals surface area contributed by atoms with Gasteiger partial charge in [-0.2, -0.15) is 0 Å². The molecule has 102 valence electrons. The van der Waals surface area contributed by atoms with Gasteiger partial charge >= 0.3 is 0 Å². The Morgan fingerprint density at radius 3 is 2.52 bits per heavy atom. The minimum Gasteiger partial charge on any atom is -0.254 e. The number of pyridine rings is 2. The molecule has 0 fully saturated rings. The first-order valence-corrected chi connectivity index (χ1v) is 7.38. The average Bonchev–Trinajstić information content (AvgIpc) is 3.06. The second-order valence-corrected chi connectivity index (χ2v) is 5.48. The maximum Gasteiger partial charge on any atom is 0.0967 e. The highest BCUT2D eigenvalue weighted by molar-refractivity contribution is 6.04. The highest BCUT2D eigenvalue weighted by Crippen LogP contribution is 2.27. The Bertz CT molecular complexity index is 850. The molecule has 0 spiro atoms. The summed E-state index contributed by atoms with van der Waals surface area (Å²) in [6.45, 7) is 0. The van der Waals surface area contributed by atoms with E-state index in [0.29, 0.717) is 5.92 Å². The molecule has 4 rings (SSSR count). The van der Waals surface area contributed by atoms with Gasteiger partial charge in [0.05, 0.1) is 11.0 Å². The monoisotopic (exact) mass is 272 g/mol. The number of aromatic nitrogens is 2. The Morgan fingerprint density at radius 1 is 0.905 bits per heavy atom. The summed E-state index contributed by atoms with van der Waals surface area (Å²) < 4.78 is 0. The highest BCUT2D eigenvalue weighted by atomic mass is 14.7. The van der Waals surface area contributed by atoms with Gasteiger partial charge in [0.2, 0.25) is 0 Å². The van der Waals surface area contributed by atoms with E-state index in [1.54, 1.807) is 0 Å². The van der Waals surface area contributed by atoms with Crippen molar-refractivity contribution in [1.82, 2.24) is 9.97 Å². The van der Waals surface area contributed by atoms with Crippen LogP contribution in [0.15, 0.2) is 67.0 Å². The van der Waals surface area contributed by atoms with Gasteiger partial charge in [-0.3, -0.25) is 9.97 Å². The molecule has 0 saturated heterocycles. The number of nitrogens with zero attached hydrogens (tertiary/aromatic N) is 2. The second-order valence-electron chi connectivity index (χ2n) is 5.48. The van der Waals surface area contributed by atoms with Crippen molar-refractivity contribution in [3.05, 3.63) is 72.6 Å². The molecular formula is C19H16N2. The normalized spacial score (nSPS) is 14.5. The van der Waals surface area contributed by atoms with Crippen molar-refractivity contribution in [2.24, 2.45) is 5.92 Å². The minimum atomic E-state index is 0.571. The highest BCUT2D eigenvalue weighted by Gasteiger charge is 2.10. The molecule has 0 amide bonds. The van der Waals surface area contributed by atoms with Crippen molar-refractivity contribution in [1.29, 1.82) is 0 Å². The molecule has 0 bridgehead atoms. The third-order valence-electron chi connectivity index (χ3n) is 4.12. The molecule has 2 aromatic heterocycles. The predicted octanol–water partition coefficient (Wildman–Crippen LogP) is 4.46. The number of aryl methyl sites for hydroxylation is 1. The molecule has 1 aromatic carbocycles. The number of allylic oxidation sites excluding steroid dienone is 4. The topological polar surface area (TPSA) is 25.8 Å². The van der Waals surface area contributed by atoms with Crippen molar-refractivity contribution in [3.8, 4) is 0 Å². The van der Waals surface area contributed by atoms with Gasteiger partial charge in [-0.1, -0.05) is 36.4 Å². The lowest BCUT2D eigenvalue weighted by molar-refractivity contribution is 0.718. The third-order valence-corrected chi connectivity index (χ3v) is 4.12. The Labute approximate surface area is 123 Å². The zero-order valence-electron chi connectivity index (χ0n) is 11.7. The smallest absolute Gasteiger partial charge is 0.0967 e. The van der Waals surface area contributed by atoms with Crippen LogP contribution in [0.2, 0.25) is 0 Å². The van der Waals surface area contributed by atoms with E-state index in [1.807, 2.05) is 24.5 Å². The fourth-order valence-corrected chi connectivity index (χ4v) is 3.05. The number of hydrogen-bond donors (Lipinski definition) is 0. The maximum atomic E-state index is 4.56. The van der Waals surface area contributed by atoms with Crippen molar-refractivity contribution in [2.75, 3.05) is 0 Å². The lowest BCUT2D eigenvalue weighted by atomic mass is 9.96. The molecule has 2 nitrogen and oxygen atoms in total. The Morgan fingerprint density at radius 2 is 1.67 bits per heavy atom.